The molecule has 2 aliphatic heterocycles. The van der Waals surface area contributed by atoms with Crippen molar-refractivity contribution in [3.05, 3.63) is 0 Å². The van der Waals surface area contributed by atoms with Crippen molar-refractivity contribution in [2.45, 2.75) is 38.7 Å². The molecule has 2 saturated heterocycles. The van der Waals surface area contributed by atoms with Crippen molar-refractivity contribution in [3.63, 3.8) is 0 Å². The molecule has 0 saturated carbocycles. The van der Waals surface area contributed by atoms with Crippen LogP contribution in [-0.2, 0) is 4.74 Å². The SMILES string of the molecule is CC1CNCCCN(CC2CCCCO2)C1. The van der Waals surface area contributed by atoms with Crippen molar-refractivity contribution in [2.75, 3.05) is 39.3 Å². The van der Waals surface area contributed by atoms with Gasteiger partial charge < -0.3 is 15.0 Å². The van der Waals surface area contributed by atoms with E-state index in [0.29, 0.717) is 6.10 Å². The van der Waals surface area contributed by atoms with E-state index in [2.05, 4.69) is 17.1 Å². The Labute approximate surface area is 99.5 Å². The minimum Gasteiger partial charge on any atom is -0.377 e. The van der Waals surface area contributed by atoms with Crippen LogP contribution in [0.15, 0.2) is 0 Å². The maximum absolute atomic E-state index is 5.83. The van der Waals surface area contributed by atoms with Gasteiger partial charge in [0.25, 0.3) is 0 Å². The van der Waals surface area contributed by atoms with Crippen molar-refractivity contribution in [1.29, 1.82) is 0 Å². The Kier molecular flexibility index (Phi) is 5.07. The second-order valence-electron chi connectivity index (χ2n) is 5.41. The van der Waals surface area contributed by atoms with Crippen LogP contribution in [0.3, 0.4) is 0 Å². The van der Waals surface area contributed by atoms with Gasteiger partial charge in [0.1, 0.15) is 0 Å². The topological polar surface area (TPSA) is 24.5 Å². The molecule has 0 radical (unpaired) electrons. The highest BCUT2D eigenvalue weighted by molar-refractivity contribution is 4.74. The molecule has 2 fully saturated rings. The summed E-state index contributed by atoms with van der Waals surface area (Å²) in [7, 11) is 0. The van der Waals surface area contributed by atoms with Crippen molar-refractivity contribution in [1.82, 2.24) is 10.2 Å². The van der Waals surface area contributed by atoms with Crippen LogP contribution >= 0.6 is 0 Å². The van der Waals surface area contributed by atoms with E-state index in [1.165, 1.54) is 51.9 Å². The quantitative estimate of drug-likeness (QED) is 0.772. The molecule has 16 heavy (non-hydrogen) atoms. The number of rotatable bonds is 2. The highest BCUT2D eigenvalue weighted by Gasteiger charge is 2.19. The molecule has 3 nitrogen and oxygen atoms in total. The van der Waals surface area contributed by atoms with Crippen LogP contribution < -0.4 is 5.32 Å². The zero-order valence-electron chi connectivity index (χ0n) is 10.6. The normalized spacial score (nSPS) is 34.3. The second-order valence-corrected chi connectivity index (χ2v) is 5.41. The molecule has 0 amide bonds. The van der Waals surface area contributed by atoms with Gasteiger partial charge in [0.2, 0.25) is 0 Å². The third-order valence-electron chi connectivity index (χ3n) is 3.63. The molecule has 0 spiro atoms. The molecular weight excluding hydrogens is 200 g/mol. The summed E-state index contributed by atoms with van der Waals surface area (Å²) in [5, 5.41) is 3.50. The first-order valence-corrected chi connectivity index (χ1v) is 6.89. The Morgan fingerprint density at radius 1 is 1.31 bits per heavy atom. The van der Waals surface area contributed by atoms with Gasteiger partial charge in [-0.05, 0) is 51.2 Å². The Hall–Kier alpha value is -0.120. The molecule has 3 heteroatoms. The van der Waals surface area contributed by atoms with Gasteiger partial charge in [0.15, 0.2) is 0 Å². The zero-order valence-corrected chi connectivity index (χ0v) is 10.6. The Morgan fingerprint density at radius 3 is 3.06 bits per heavy atom. The standard InChI is InChI=1S/C13H26N2O/c1-12-9-14-6-4-7-15(10-12)11-13-5-2-3-8-16-13/h12-14H,2-11H2,1H3. The van der Waals surface area contributed by atoms with E-state index in [1.54, 1.807) is 0 Å². The Morgan fingerprint density at radius 2 is 2.25 bits per heavy atom. The lowest BCUT2D eigenvalue weighted by atomic mass is 10.1. The molecule has 0 aromatic rings. The zero-order chi connectivity index (χ0) is 11.2. The number of ether oxygens (including phenoxy) is 1. The number of nitrogens with one attached hydrogen (secondary N) is 1. The van der Waals surface area contributed by atoms with E-state index in [-0.39, 0.29) is 0 Å². The van der Waals surface area contributed by atoms with Gasteiger partial charge in [-0.25, -0.2) is 0 Å². The minimum atomic E-state index is 0.508. The maximum Gasteiger partial charge on any atom is 0.0702 e. The van der Waals surface area contributed by atoms with E-state index >= 15 is 0 Å². The van der Waals surface area contributed by atoms with Crippen molar-refractivity contribution in [2.24, 2.45) is 5.92 Å². The Bertz CT molecular complexity index is 192. The number of hydrogen-bond acceptors (Lipinski definition) is 3. The average Bonchev–Trinajstić information content (AvgIpc) is 2.27. The van der Waals surface area contributed by atoms with Gasteiger partial charge in [-0.15, -0.1) is 0 Å². The van der Waals surface area contributed by atoms with Crippen LogP contribution in [0.1, 0.15) is 32.6 Å². The molecule has 2 aliphatic rings. The van der Waals surface area contributed by atoms with Gasteiger partial charge in [0.05, 0.1) is 6.10 Å². The molecule has 2 atom stereocenters. The summed E-state index contributed by atoms with van der Waals surface area (Å²) >= 11 is 0. The first-order valence-electron chi connectivity index (χ1n) is 6.89. The van der Waals surface area contributed by atoms with Crippen LogP contribution in [0.2, 0.25) is 0 Å². The van der Waals surface area contributed by atoms with Gasteiger partial charge in [0, 0.05) is 19.7 Å². The van der Waals surface area contributed by atoms with Crippen LogP contribution in [0.5, 0.6) is 0 Å². The van der Waals surface area contributed by atoms with Gasteiger partial charge in [-0.3, -0.25) is 0 Å². The number of nitrogens with zero attached hydrogens (tertiary/aromatic N) is 1. The van der Waals surface area contributed by atoms with Gasteiger partial charge in [-0.1, -0.05) is 6.92 Å². The van der Waals surface area contributed by atoms with E-state index < -0.39 is 0 Å². The van der Waals surface area contributed by atoms with Gasteiger partial charge in [-0.2, -0.15) is 0 Å². The number of hydrogen-bond donors (Lipinski definition) is 1. The summed E-state index contributed by atoms with van der Waals surface area (Å²) in [6.45, 7) is 9.28. The molecule has 0 aliphatic carbocycles. The minimum absolute atomic E-state index is 0.508. The van der Waals surface area contributed by atoms with Crippen LogP contribution in [-0.4, -0.2) is 50.3 Å². The molecule has 2 unspecified atom stereocenters. The predicted molar refractivity (Wildman–Crippen MR) is 66.7 cm³/mol. The molecule has 0 aromatic heterocycles. The summed E-state index contributed by atoms with van der Waals surface area (Å²) < 4.78 is 5.83. The van der Waals surface area contributed by atoms with Crippen LogP contribution in [0.4, 0.5) is 0 Å². The maximum atomic E-state index is 5.83. The molecule has 0 aromatic carbocycles. The highest BCUT2D eigenvalue weighted by atomic mass is 16.5. The molecular formula is C13H26N2O. The first kappa shape index (κ1) is 12.3. The largest absolute Gasteiger partial charge is 0.377 e. The van der Waals surface area contributed by atoms with Crippen molar-refractivity contribution < 1.29 is 4.74 Å². The van der Waals surface area contributed by atoms with E-state index in [1.807, 2.05) is 0 Å². The third-order valence-corrected chi connectivity index (χ3v) is 3.63. The molecule has 0 bridgehead atoms. The first-order chi connectivity index (χ1) is 7.84. The fourth-order valence-corrected chi connectivity index (χ4v) is 2.78. The third kappa shape index (κ3) is 4.04. The highest BCUT2D eigenvalue weighted by Crippen LogP contribution is 2.15. The molecule has 2 heterocycles. The van der Waals surface area contributed by atoms with Gasteiger partial charge >= 0.3 is 0 Å². The van der Waals surface area contributed by atoms with Crippen LogP contribution in [0, 0.1) is 5.92 Å². The smallest absolute Gasteiger partial charge is 0.0702 e. The predicted octanol–water partition coefficient (Wildman–Crippen LogP) is 1.49. The summed E-state index contributed by atoms with van der Waals surface area (Å²) in [6.07, 6.45) is 5.67. The summed E-state index contributed by atoms with van der Waals surface area (Å²) in [4.78, 5) is 2.61. The second kappa shape index (κ2) is 6.58. The van der Waals surface area contributed by atoms with Crippen molar-refractivity contribution >= 4 is 0 Å². The summed E-state index contributed by atoms with van der Waals surface area (Å²) in [6, 6.07) is 0. The molecule has 1 N–H and O–H groups in total. The van der Waals surface area contributed by atoms with E-state index in [9.17, 15) is 0 Å². The Balaban J connectivity index is 1.76. The van der Waals surface area contributed by atoms with E-state index in [4.69, 9.17) is 4.74 Å². The molecule has 94 valence electrons. The summed E-state index contributed by atoms with van der Waals surface area (Å²) in [5.41, 5.74) is 0. The average molecular weight is 226 g/mol. The molecule has 2 rings (SSSR count). The lowest BCUT2D eigenvalue weighted by molar-refractivity contribution is -0.00870. The fraction of sp³-hybridized carbons (Fsp3) is 1.00. The fourth-order valence-electron chi connectivity index (χ4n) is 2.78. The lowest BCUT2D eigenvalue weighted by Crippen LogP contribution is -2.43. The lowest BCUT2D eigenvalue weighted by Gasteiger charge is -2.33. The van der Waals surface area contributed by atoms with E-state index in [0.717, 1.165) is 19.1 Å². The van der Waals surface area contributed by atoms with Crippen molar-refractivity contribution in [3.8, 4) is 0 Å². The summed E-state index contributed by atoms with van der Waals surface area (Å²) in [5.74, 6) is 0.767. The monoisotopic (exact) mass is 226 g/mol. The van der Waals surface area contributed by atoms with Crippen LogP contribution in [0.25, 0.3) is 0 Å².